The van der Waals surface area contributed by atoms with E-state index < -0.39 is 0 Å². The molecule has 2 aromatic heterocycles. The molecule has 10 rings (SSSR count). The van der Waals surface area contributed by atoms with E-state index in [4.69, 9.17) is 4.42 Å². The van der Waals surface area contributed by atoms with Crippen LogP contribution in [-0.2, 0) is 0 Å². The second-order valence-corrected chi connectivity index (χ2v) is 13.3. The van der Waals surface area contributed by atoms with E-state index in [-0.39, 0.29) is 6.04 Å². The Morgan fingerprint density at radius 1 is 0.490 bits per heavy atom. The highest BCUT2D eigenvalue weighted by molar-refractivity contribution is 6.09. The third-order valence-electron chi connectivity index (χ3n) is 10.3. The topological polar surface area (TPSA) is 21.3 Å². The van der Waals surface area contributed by atoms with Crippen LogP contribution in [0.5, 0.6) is 0 Å². The second-order valence-electron chi connectivity index (χ2n) is 13.3. The summed E-state index contributed by atoms with van der Waals surface area (Å²) in [5.74, 6) is 0. The lowest BCUT2D eigenvalue weighted by atomic mass is 9.95. The van der Waals surface area contributed by atoms with E-state index in [1.165, 1.54) is 44.1 Å². The Bertz CT molecular complexity index is 2710. The molecule has 0 saturated heterocycles. The Morgan fingerprint density at radius 2 is 1.08 bits per heavy atom. The van der Waals surface area contributed by atoms with Gasteiger partial charge in [-0.25, -0.2) is 0 Å². The first-order valence-electron chi connectivity index (χ1n) is 17.6. The van der Waals surface area contributed by atoms with Gasteiger partial charge in [0.1, 0.15) is 11.2 Å². The van der Waals surface area contributed by atoms with Crippen molar-refractivity contribution in [1.29, 1.82) is 0 Å². The molecule has 1 aliphatic rings. The third kappa shape index (κ3) is 5.05. The van der Waals surface area contributed by atoms with Gasteiger partial charge >= 0.3 is 0 Å². The molecule has 0 spiro atoms. The van der Waals surface area contributed by atoms with Crippen molar-refractivity contribution in [2.45, 2.75) is 12.5 Å². The molecule has 0 bridgehead atoms. The van der Waals surface area contributed by atoms with E-state index in [0.717, 1.165) is 45.4 Å². The van der Waals surface area contributed by atoms with E-state index in [1.54, 1.807) is 0 Å². The summed E-state index contributed by atoms with van der Waals surface area (Å²) in [6.07, 6.45) is 7.89. The molecular formula is C48H34N2O. The van der Waals surface area contributed by atoms with E-state index in [2.05, 4.69) is 185 Å². The first kappa shape index (κ1) is 29.3. The lowest BCUT2D eigenvalue weighted by Gasteiger charge is -2.33. The van der Waals surface area contributed by atoms with Crippen LogP contribution in [0.2, 0.25) is 0 Å². The number of rotatable bonds is 6. The van der Waals surface area contributed by atoms with Crippen molar-refractivity contribution in [2.75, 3.05) is 4.90 Å². The summed E-state index contributed by atoms with van der Waals surface area (Å²) in [5, 5.41) is 4.82. The number of hydrogen-bond acceptors (Lipinski definition) is 2. The lowest BCUT2D eigenvalue weighted by molar-refractivity contribution is 0.669. The summed E-state index contributed by atoms with van der Waals surface area (Å²) >= 11 is 0. The summed E-state index contributed by atoms with van der Waals surface area (Å²) < 4.78 is 8.56. The maximum Gasteiger partial charge on any atom is 0.135 e. The minimum atomic E-state index is 0.157. The Hall–Kier alpha value is -6.58. The minimum absolute atomic E-state index is 0.157. The van der Waals surface area contributed by atoms with Crippen LogP contribution in [0.1, 0.15) is 12.0 Å². The van der Waals surface area contributed by atoms with Crippen molar-refractivity contribution in [3.63, 3.8) is 0 Å². The van der Waals surface area contributed by atoms with Gasteiger partial charge in [-0.2, -0.15) is 0 Å². The predicted molar refractivity (Wildman–Crippen MR) is 214 cm³/mol. The molecule has 1 aliphatic carbocycles. The second kappa shape index (κ2) is 12.1. The number of hydrogen-bond donors (Lipinski definition) is 0. The van der Waals surface area contributed by atoms with E-state index in [0.29, 0.717) is 0 Å². The van der Waals surface area contributed by atoms with Gasteiger partial charge in [-0.3, -0.25) is 0 Å². The van der Waals surface area contributed by atoms with Gasteiger partial charge in [0.25, 0.3) is 0 Å². The van der Waals surface area contributed by atoms with Gasteiger partial charge in [0.05, 0.1) is 17.1 Å². The van der Waals surface area contributed by atoms with Gasteiger partial charge < -0.3 is 13.9 Å². The molecule has 0 N–H and O–H groups in total. The van der Waals surface area contributed by atoms with Gasteiger partial charge in [-0.1, -0.05) is 127 Å². The van der Waals surface area contributed by atoms with Crippen molar-refractivity contribution < 1.29 is 4.42 Å². The minimum Gasteiger partial charge on any atom is -0.456 e. The number of nitrogens with zero attached hydrogens (tertiary/aromatic N) is 2. The number of benzene rings is 7. The van der Waals surface area contributed by atoms with Crippen LogP contribution in [0.4, 0.5) is 11.4 Å². The fraction of sp³-hybridized carbons (Fsp3) is 0.0417. The number of furan rings is 1. The molecule has 3 nitrogen and oxygen atoms in total. The Balaban J connectivity index is 1.01. The van der Waals surface area contributed by atoms with Crippen LogP contribution >= 0.6 is 0 Å². The number of para-hydroxylation sites is 3. The van der Waals surface area contributed by atoms with E-state index >= 15 is 0 Å². The van der Waals surface area contributed by atoms with Crippen LogP contribution in [0.3, 0.4) is 0 Å². The summed E-state index contributed by atoms with van der Waals surface area (Å²) in [7, 11) is 0. The Labute approximate surface area is 296 Å². The number of aromatic nitrogens is 1. The SMILES string of the molecule is C1=CC(N(c2ccc(-c3ccc(-n4c5ccccc5c5ccccc54)cc3)cc2)c2ccc3oc4ccccc4c3c2)CC=C1c1ccccc1. The smallest absolute Gasteiger partial charge is 0.135 e. The van der Waals surface area contributed by atoms with Crippen molar-refractivity contribution >= 4 is 60.7 Å². The zero-order valence-corrected chi connectivity index (χ0v) is 28.0. The van der Waals surface area contributed by atoms with Gasteiger partial charge in [-0.05, 0) is 89.3 Å². The van der Waals surface area contributed by atoms with Crippen molar-refractivity contribution in [2.24, 2.45) is 0 Å². The van der Waals surface area contributed by atoms with Crippen LogP contribution in [0, 0.1) is 0 Å². The monoisotopic (exact) mass is 654 g/mol. The molecule has 7 aromatic carbocycles. The molecule has 1 atom stereocenters. The molecule has 3 heteroatoms. The molecule has 2 heterocycles. The van der Waals surface area contributed by atoms with Crippen molar-refractivity contribution in [3.05, 3.63) is 194 Å². The predicted octanol–water partition coefficient (Wildman–Crippen LogP) is 12.9. The Kier molecular flexibility index (Phi) is 6.95. The molecule has 0 radical (unpaired) electrons. The van der Waals surface area contributed by atoms with Gasteiger partial charge in [0.2, 0.25) is 0 Å². The van der Waals surface area contributed by atoms with Crippen LogP contribution < -0.4 is 4.90 Å². The highest BCUT2D eigenvalue weighted by Gasteiger charge is 2.22. The first-order chi connectivity index (χ1) is 25.3. The molecule has 9 aromatic rings. The molecule has 0 fully saturated rings. The normalized spacial score (nSPS) is 14.4. The quantitative estimate of drug-likeness (QED) is 0.178. The molecular weight excluding hydrogens is 621 g/mol. The summed E-state index contributed by atoms with van der Waals surface area (Å²) in [6, 6.07) is 61.0. The van der Waals surface area contributed by atoms with Crippen LogP contribution in [0.25, 0.3) is 66.1 Å². The third-order valence-corrected chi connectivity index (χ3v) is 10.3. The maximum atomic E-state index is 6.20. The Morgan fingerprint density at radius 3 is 1.76 bits per heavy atom. The van der Waals surface area contributed by atoms with Crippen molar-refractivity contribution in [3.8, 4) is 16.8 Å². The molecule has 242 valence electrons. The summed E-state index contributed by atoms with van der Waals surface area (Å²) in [6.45, 7) is 0. The molecule has 0 aliphatic heterocycles. The van der Waals surface area contributed by atoms with E-state index in [9.17, 15) is 0 Å². The molecule has 1 unspecified atom stereocenters. The zero-order chi connectivity index (χ0) is 33.7. The fourth-order valence-electron chi connectivity index (χ4n) is 7.86. The fourth-order valence-corrected chi connectivity index (χ4v) is 7.86. The highest BCUT2D eigenvalue weighted by atomic mass is 16.3. The van der Waals surface area contributed by atoms with E-state index in [1.807, 2.05) is 12.1 Å². The first-order valence-corrected chi connectivity index (χ1v) is 17.6. The molecule has 0 saturated carbocycles. The van der Waals surface area contributed by atoms with Crippen molar-refractivity contribution in [1.82, 2.24) is 4.57 Å². The van der Waals surface area contributed by atoms with Gasteiger partial charge in [0.15, 0.2) is 0 Å². The average Bonchev–Trinajstić information content (AvgIpc) is 3.75. The lowest BCUT2D eigenvalue weighted by Crippen LogP contribution is -2.30. The molecule has 0 amide bonds. The van der Waals surface area contributed by atoms with Gasteiger partial charge in [0, 0.05) is 38.6 Å². The summed E-state index contributed by atoms with van der Waals surface area (Å²) in [5.41, 5.74) is 12.6. The number of allylic oxidation sites excluding steroid dienone is 2. The van der Waals surface area contributed by atoms with Gasteiger partial charge in [-0.15, -0.1) is 0 Å². The number of anilines is 2. The summed E-state index contributed by atoms with van der Waals surface area (Å²) in [4.78, 5) is 2.46. The highest BCUT2D eigenvalue weighted by Crippen LogP contribution is 2.39. The average molecular weight is 655 g/mol. The maximum absolute atomic E-state index is 6.20. The largest absolute Gasteiger partial charge is 0.456 e. The van der Waals surface area contributed by atoms with Crippen LogP contribution in [0.15, 0.2) is 193 Å². The zero-order valence-electron chi connectivity index (χ0n) is 28.0. The number of fused-ring (bicyclic) bond motifs is 6. The molecule has 51 heavy (non-hydrogen) atoms. The standard InChI is InChI=1S/C48H34N2O/c1-2-10-33(11-3-1)34-18-24-37(25-19-34)49(40-30-31-48-44(32-40)43-14-6-9-17-47(43)51-48)38-26-20-35(21-27-38)36-22-28-39(29-23-36)50-45-15-7-4-12-41(45)42-13-5-8-16-46(42)50/h1-24,26-32,37H,25H2. The van der Waals surface area contributed by atoms with Crippen LogP contribution in [-0.4, -0.2) is 10.6 Å².